The van der Waals surface area contributed by atoms with Gasteiger partial charge in [0.15, 0.2) is 0 Å². The van der Waals surface area contributed by atoms with Crippen molar-refractivity contribution in [2.75, 3.05) is 0 Å². The lowest BCUT2D eigenvalue weighted by molar-refractivity contribution is 0.125. The van der Waals surface area contributed by atoms with Crippen molar-refractivity contribution in [3.8, 4) is 0 Å². The number of pyridine rings is 1. The van der Waals surface area contributed by atoms with Crippen LogP contribution in [0.3, 0.4) is 0 Å². The van der Waals surface area contributed by atoms with Gasteiger partial charge in [0.1, 0.15) is 5.65 Å². The van der Waals surface area contributed by atoms with E-state index in [1.54, 1.807) is 0 Å². The maximum Gasteiger partial charge on any atom is 0.146 e. The Bertz CT molecular complexity index is 1560. The van der Waals surface area contributed by atoms with Crippen molar-refractivity contribution in [2.45, 2.75) is 107 Å². The normalized spacial score (nSPS) is 15.5. The van der Waals surface area contributed by atoms with E-state index in [4.69, 9.17) is 4.98 Å². The van der Waals surface area contributed by atoms with Crippen molar-refractivity contribution >= 4 is 38.4 Å². The third-order valence-corrected chi connectivity index (χ3v) is 9.37. The summed E-state index contributed by atoms with van der Waals surface area (Å²) in [5, 5.41) is 3.76. The summed E-state index contributed by atoms with van der Waals surface area (Å²) in [6.07, 6.45) is 2.64. The van der Waals surface area contributed by atoms with Crippen LogP contribution in [0.5, 0.6) is 0 Å². The molecule has 0 unspecified atom stereocenters. The Morgan fingerprint density at radius 2 is 1.07 bits per heavy atom. The number of fused-ring (bicyclic) bond motifs is 9. The third kappa shape index (κ3) is 4.95. The number of nitrogens with zero attached hydrogens (tertiary/aromatic N) is 2. The molecule has 0 fully saturated rings. The summed E-state index contributed by atoms with van der Waals surface area (Å²) >= 11 is 0. The Morgan fingerprint density at radius 1 is 0.625 bits per heavy atom. The molecule has 216 valence electrons. The zero-order valence-electron chi connectivity index (χ0n) is 27.5. The molecule has 0 aliphatic heterocycles. The lowest BCUT2D eigenvalue weighted by Gasteiger charge is -2.44. The maximum atomic E-state index is 5.20. The van der Waals surface area contributed by atoms with Crippen LogP contribution in [0.2, 0.25) is 0 Å². The predicted octanol–water partition coefficient (Wildman–Crippen LogP) is 12.0. The van der Waals surface area contributed by atoms with Gasteiger partial charge in [0.25, 0.3) is 0 Å². The first-order valence-electron chi connectivity index (χ1n) is 15.3. The second-order valence-electron chi connectivity index (χ2n) is 11.6. The van der Waals surface area contributed by atoms with E-state index in [-0.39, 0.29) is 16.2 Å². The summed E-state index contributed by atoms with van der Waals surface area (Å²) in [6.45, 7) is 32.8. The molecular weight excluding hydrogens is 484 g/mol. The third-order valence-electron chi connectivity index (χ3n) is 9.37. The summed E-state index contributed by atoms with van der Waals surface area (Å²) in [5.74, 6) is 0. The van der Waals surface area contributed by atoms with Gasteiger partial charge in [-0.15, -0.1) is 13.2 Å². The fraction of sp³-hybridized carbons (Fsp3) is 0.447. The van der Waals surface area contributed by atoms with Gasteiger partial charge in [-0.2, -0.15) is 0 Å². The van der Waals surface area contributed by atoms with E-state index < -0.39 is 0 Å². The van der Waals surface area contributed by atoms with E-state index in [9.17, 15) is 0 Å². The van der Waals surface area contributed by atoms with Crippen molar-refractivity contribution < 1.29 is 0 Å². The van der Waals surface area contributed by atoms with Crippen LogP contribution in [0.25, 0.3) is 38.4 Å². The number of benzene rings is 3. The van der Waals surface area contributed by atoms with Crippen LogP contribution in [-0.2, 0) is 10.8 Å². The summed E-state index contributed by atoms with van der Waals surface area (Å²) in [5.41, 5.74) is 7.81. The molecule has 0 saturated carbocycles. The van der Waals surface area contributed by atoms with Gasteiger partial charge in [-0.05, 0) is 51.0 Å². The number of para-hydroxylation sites is 1. The molecule has 0 amide bonds. The van der Waals surface area contributed by atoms with E-state index in [1.165, 1.54) is 51.2 Å². The van der Waals surface area contributed by atoms with Crippen molar-refractivity contribution in [1.82, 2.24) is 9.38 Å². The molecule has 6 rings (SSSR count). The van der Waals surface area contributed by atoms with Crippen LogP contribution in [0.1, 0.15) is 107 Å². The fourth-order valence-electron chi connectivity index (χ4n) is 5.85. The van der Waals surface area contributed by atoms with Gasteiger partial charge in [-0.3, -0.25) is 4.40 Å². The number of aromatic nitrogens is 2. The van der Waals surface area contributed by atoms with Gasteiger partial charge in [0.2, 0.25) is 0 Å². The van der Waals surface area contributed by atoms with Gasteiger partial charge in [0, 0.05) is 10.8 Å². The number of rotatable bonds is 1. The molecule has 2 heterocycles. The molecule has 1 aliphatic rings. The lowest BCUT2D eigenvalue weighted by Crippen LogP contribution is -2.42. The van der Waals surface area contributed by atoms with Crippen LogP contribution in [0.4, 0.5) is 0 Å². The minimum Gasteiger partial charge on any atom is -0.292 e. The maximum absolute atomic E-state index is 5.20. The highest BCUT2D eigenvalue weighted by molar-refractivity contribution is 6.13. The minimum atomic E-state index is 0.0802. The first-order chi connectivity index (χ1) is 19.1. The lowest BCUT2D eigenvalue weighted by atomic mass is 9.59. The summed E-state index contributed by atoms with van der Waals surface area (Å²) in [4.78, 5) is 5.20. The largest absolute Gasteiger partial charge is 0.292 e. The predicted molar refractivity (Wildman–Crippen MR) is 182 cm³/mol. The van der Waals surface area contributed by atoms with Crippen LogP contribution in [0, 0.1) is 5.41 Å². The second-order valence-corrected chi connectivity index (χ2v) is 11.6. The molecule has 0 atom stereocenters. The van der Waals surface area contributed by atoms with E-state index in [0.29, 0.717) is 0 Å². The van der Waals surface area contributed by atoms with Crippen molar-refractivity contribution in [2.24, 2.45) is 5.41 Å². The summed E-state index contributed by atoms with van der Waals surface area (Å²) in [7, 11) is 0. The highest BCUT2D eigenvalue weighted by Gasteiger charge is 2.56. The molecule has 0 bridgehead atoms. The quantitative estimate of drug-likeness (QED) is 0.153. The van der Waals surface area contributed by atoms with Crippen molar-refractivity contribution in [3.05, 3.63) is 84.9 Å². The molecule has 0 radical (unpaired) electrons. The minimum absolute atomic E-state index is 0.0802. The Hall–Kier alpha value is -3.13. The number of hydrogen-bond acceptors (Lipinski definition) is 1. The van der Waals surface area contributed by atoms with Gasteiger partial charge < -0.3 is 0 Å². The average molecular weight is 539 g/mol. The molecular formula is C38H54N2. The Labute approximate surface area is 244 Å². The zero-order chi connectivity index (χ0) is 30.5. The highest BCUT2D eigenvalue weighted by Crippen LogP contribution is 2.62. The van der Waals surface area contributed by atoms with E-state index in [2.05, 4.69) is 134 Å². The monoisotopic (exact) mass is 538 g/mol. The molecule has 2 nitrogen and oxygen atoms in total. The van der Waals surface area contributed by atoms with Crippen LogP contribution < -0.4 is 0 Å². The topological polar surface area (TPSA) is 17.3 Å². The average Bonchev–Trinajstić information content (AvgIpc) is 3.42. The molecule has 40 heavy (non-hydrogen) atoms. The molecule has 0 saturated heterocycles. The fourth-order valence-corrected chi connectivity index (χ4v) is 5.85. The van der Waals surface area contributed by atoms with Crippen molar-refractivity contribution in [3.63, 3.8) is 0 Å². The van der Waals surface area contributed by atoms with Gasteiger partial charge in [0.05, 0.1) is 16.6 Å². The smallest absolute Gasteiger partial charge is 0.146 e. The molecule has 5 aromatic rings. The highest BCUT2D eigenvalue weighted by atomic mass is 15.0. The molecule has 0 N–H and O–H groups in total. The summed E-state index contributed by atoms with van der Waals surface area (Å²) in [6, 6.07) is 22.2. The number of hydrogen-bond donors (Lipinski definition) is 0. The van der Waals surface area contributed by atoms with E-state index in [1.807, 2.05) is 27.7 Å². The molecule has 1 aliphatic carbocycles. The molecule has 3 aromatic carbocycles. The molecule has 2 aromatic heterocycles. The first-order valence-corrected chi connectivity index (χ1v) is 15.3. The second kappa shape index (κ2) is 13.0. The van der Waals surface area contributed by atoms with Crippen LogP contribution in [-0.4, -0.2) is 9.38 Å². The summed E-state index contributed by atoms with van der Waals surface area (Å²) < 4.78 is 2.38. The van der Waals surface area contributed by atoms with Gasteiger partial charge in [-0.25, -0.2) is 4.98 Å². The Balaban J connectivity index is 0.000000501. The Kier molecular flexibility index (Phi) is 10.8. The van der Waals surface area contributed by atoms with Crippen molar-refractivity contribution in [1.29, 1.82) is 0 Å². The number of imidazole rings is 1. The van der Waals surface area contributed by atoms with Crippen LogP contribution >= 0.6 is 0 Å². The number of unbranched alkanes of at least 4 members (excludes halogenated alkanes) is 1. The van der Waals surface area contributed by atoms with E-state index >= 15 is 0 Å². The van der Waals surface area contributed by atoms with Crippen LogP contribution in [0.15, 0.2) is 73.8 Å². The standard InChI is InChI=1S/C28H28N2.C4H10.2C2H6.C2H4/c1-26(2)20-15-22-24(16-21(20)27(3,4)28(26,5)6)30-23-14-10-9-12-18(23)17-11-7-8-13-19(17)25(30)29-22;1-3-4-2;3*1-2/h7-16H,1-6H3;3-4H2,1-2H3;2*1-2H3;1-2H2. The van der Waals surface area contributed by atoms with E-state index in [0.717, 1.165) is 11.2 Å². The first kappa shape index (κ1) is 33.1. The zero-order valence-corrected chi connectivity index (χ0v) is 27.5. The molecule has 0 spiro atoms. The molecule has 2 heteroatoms. The van der Waals surface area contributed by atoms with Gasteiger partial charge >= 0.3 is 0 Å². The Morgan fingerprint density at radius 3 is 1.60 bits per heavy atom. The van der Waals surface area contributed by atoms with Gasteiger partial charge in [-0.1, -0.05) is 138 Å². The SMILES string of the molecule is C=C.CC.CC.CC1(C)c2cc3nc4c5ccccc5c5ccccc5n4c3cc2C(C)(C)C1(C)C.CCCC.